The number of nitrogens with one attached hydrogen (secondary N) is 1. The van der Waals surface area contributed by atoms with E-state index in [2.05, 4.69) is 4.72 Å². The predicted molar refractivity (Wildman–Crippen MR) is 78.0 cm³/mol. The maximum atomic E-state index is 12.1. The lowest BCUT2D eigenvalue weighted by molar-refractivity contribution is -0.119. The van der Waals surface area contributed by atoms with Crippen LogP contribution in [0.3, 0.4) is 0 Å². The first-order valence-corrected chi connectivity index (χ1v) is 8.42. The lowest BCUT2D eigenvalue weighted by Gasteiger charge is -2.18. The Morgan fingerprint density at radius 3 is 2.15 bits per heavy atom. The van der Waals surface area contributed by atoms with Gasteiger partial charge in [0.2, 0.25) is 10.0 Å². The lowest BCUT2D eigenvalue weighted by atomic mass is 9.86. The Balaban J connectivity index is 2.22. The van der Waals surface area contributed by atoms with E-state index in [0.717, 1.165) is 18.4 Å². The van der Waals surface area contributed by atoms with E-state index in [4.69, 9.17) is 0 Å². The third kappa shape index (κ3) is 3.46. The van der Waals surface area contributed by atoms with E-state index in [1.165, 1.54) is 0 Å². The molecule has 110 valence electrons. The van der Waals surface area contributed by atoms with Gasteiger partial charge in [-0.1, -0.05) is 26.0 Å². The van der Waals surface area contributed by atoms with Gasteiger partial charge in [0, 0.05) is 12.0 Å². The molecule has 0 radical (unpaired) electrons. The SMILES string of the molecule is CC(=O)C(c1ccc(S(=O)(=O)NC2CC2)cc1)C(C)C. The molecule has 0 amide bonds. The summed E-state index contributed by atoms with van der Waals surface area (Å²) in [5.41, 5.74) is 0.873. The topological polar surface area (TPSA) is 63.2 Å². The molecule has 0 spiro atoms. The highest BCUT2D eigenvalue weighted by Crippen LogP contribution is 2.27. The zero-order valence-electron chi connectivity index (χ0n) is 12.1. The summed E-state index contributed by atoms with van der Waals surface area (Å²) in [6.45, 7) is 5.56. The van der Waals surface area contributed by atoms with Gasteiger partial charge >= 0.3 is 0 Å². The number of carbonyl (C=O) groups is 1. The minimum absolute atomic E-state index is 0.0975. The Bertz CT molecular complexity index is 586. The van der Waals surface area contributed by atoms with Crippen LogP contribution in [-0.4, -0.2) is 20.2 Å². The first-order valence-electron chi connectivity index (χ1n) is 6.94. The number of sulfonamides is 1. The molecular weight excluding hydrogens is 274 g/mol. The van der Waals surface area contributed by atoms with Gasteiger partial charge in [-0.05, 0) is 43.4 Å². The van der Waals surface area contributed by atoms with E-state index in [9.17, 15) is 13.2 Å². The van der Waals surface area contributed by atoms with Crippen LogP contribution in [0.25, 0.3) is 0 Å². The van der Waals surface area contributed by atoms with Crippen molar-refractivity contribution < 1.29 is 13.2 Å². The van der Waals surface area contributed by atoms with Crippen LogP contribution in [0.1, 0.15) is 45.1 Å². The molecule has 1 aliphatic carbocycles. The molecule has 1 saturated carbocycles. The van der Waals surface area contributed by atoms with Crippen molar-refractivity contribution in [1.82, 2.24) is 4.72 Å². The van der Waals surface area contributed by atoms with E-state index in [1.807, 2.05) is 13.8 Å². The third-order valence-electron chi connectivity index (χ3n) is 3.55. The molecule has 5 heteroatoms. The van der Waals surface area contributed by atoms with Crippen molar-refractivity contribution in [2.75, 3.05) is 0 Å². The van der Waals surface area contributed by atoms with E-state index < -0.39 is 10.0 Å². The van der Waals surface area contributed by atoms with Gasteiger partial charge in [-0.2, -0.15) is 0 Å². The van der Waals surface area contributed by atoms with Gasteiger partial charge in [0.1, 0.15) is 5.78 Å². The molecule has 1 aliphatic rings. The molecule has 4 nitrogen and oxygen atoms in total. The van der Waals surface area contributed by atoms with Crippen molar-refractivity contribution in [3.63, 3.8) is 0 Å². The van der Waals surface area contributed by atoms with E-state index in [1.54, 1.807) is 31.2 Å². The fourth-order valence-electron chi connectivity index (χ4n) is 2.43. The Kier molecular flexibility index (Phi) is 4.30. The van der Waals surface area contributed by atoms with Crippen LogP contribution in [0.4, 0.5) is 0 Å². The second-order valence-electron chi connectivity index (χ2n) is 5.80. The zero-order chi connectivity index (χ0) is 14.9. The van der Waals surface area contributed by atoms with E-state index in [-0.39, 0.29) is 28.6 Å². The van der Waals surface area contributed by atoms with Crippen LogP contribution >= 0.6 is 0 Å². The summed E-state index contributed by atoms with van der Waals surface area (Å²) in [6.07, 6.45) is 1.83. The minimum atomic E-state index is -3.41. The van der Waals surface area contributed by atoms with Crippen LogP contribution in [0.2, 0.25) is 0 Å². The summed E-state index contributed by atoms with van der Waals surface area (Å²) >= 11 is 0. The van der Waals surface area contributed by atoms with Crippen molar-refractivity contribution in [2.24, 2.45) is 5.92 Å². The molecular formula is C15H21NO3S. The quantitative estimate of drug-likeness (QED) is 0.877. The van der Waals surface area contributed by atoms with Crippen molar-refractivity contribution in [1.29, 1.82) is 0 Å². The summed E-state index contributed by atoms with van der Waals surface area (Å²) in [5, 5.41) is 0. The Morgan fingerprint density at radius 1 is 1.20 bits per heavy atom. The normalized spacial score (nSPS) is 17.2. The molecule has 0 aliphatic heterocycles. The maximum absolute atomic E-state index is 12.1. The van der Waals surface area contributed by atoms with Crippen LogP contribution in [0, 0.1) is 5.92 Å². The van der Waals surface area contributed by atoms with Gasteiger partial charge in [0.25, 0.3) is 0 Å². The molecule has 2 rings (SSSR count). The van der Waals surface area contributed by atoms with Crippen molar-refractivity contribution in [3.05, 3.63) is 29.8 Å². The highest BCUT2D eigenvalue weighted by atomic mass is 32.2. The number of hydrogen-bond donors (Lipinski definition) is 1. The smallest absolute Gasteiger partial charge is 0.240 e. The standard InChI is InChI=1S/C15H21NO3S/c1-10(2)15(11(3)17)12-4-8-14(9-5-12)20(18,19)16-13-6-7-13/h4-5,8-10,13,15-16H,6-7H2,1-3H3. The summed E-state index contributed by atoms with van der Waals surface area (Å²) < 4.78 is 26.8. The minimum Gasteiger partial charge on any atom is -0.299 e. The number of ketones is 1. The van der Waals surface area contributed by atoms with Crippen molar-refractivity contribution in [3.8, 4) is 0 Å². The number of hydrogen-bond acceptors (Lipinski definition) is 3. The monoisotopic (exact) mass is 295 g/mol. The summed E-state index contributed by atoms with van der Waals surface area (Å²) in [4.78, 5) is 12.0. The highest BCUT2D eigenvalue weighted by molar-refractivity contribution is 7.89. The van der Waals surface area contributed by atoms with Gasteiger partial charge in [-0.15, -0.1) is 0 Å². The van der Waals surface area contributed by atoms with Crippen LogP contribution < -0.4 is 4.72 Å². The molecule has 0 heterocycles. The molecule has 1 unspecified atom stereocenters. The van der Waals surface area contributed by atoms with Gasteiger partial charge in [0.05, 0.1) is 4.90 Å². The summed E-state index contributed by atoms with van der Waals surface area (Å²) in [6, 6.07) is 6.75. The lowest BCUT2D eigenvalue weighted by Crippen LogP contribution is -2.25. The second-order valence-corrected chi connectivity index (χ2v) is 7.51. The Labute approximate surface area is 120 Å². The van der Waals surface area contributed by atoms with E-state index in [0.29, 0.717) is 0 Å². The average Bonchev–Trinajstić information content (AvgIpc) is 3.12. The molecule has 1 aromatic carbocycles. The molecule has 1 aromatic rings. The predicted octanol–water partition coefficient (Wildman–Crippen LogP) is 2.46. The maximum Gasteiger partial charge on any atom is 0.240 e. The molecule has 1 fully saturated rings. The second kappa shape index (κ2) is 5.66. The molecule has 20 heavy (non-hydrogen) atoms. The number of benzene rings is 1. The highest BCUT2D eigenvalue weighted by Gasteiger charge is 2.28. The molecule has 1 N–H and O–H groups in total. The van der Waals surface area contributed by atoms with Crippen LogP contribution in [-0.2, 0) is 14.8 Å². The summed E-state index contributed by atoms with van der Waals surface area (Å²) in [7, 11) is -3.41. The Morgan fingerprint density at radius 2 is 1.75 bits per heavy atom. The fraction of sp³-hybridized carbons (Fsp3) is 0.533. The molecule has 0 aromatic heterocycles. The van der Waals surface area contributed by atoms with Gasteiger partial charge in [0.15, 0.2) is 0 Å². The molecule has 1 atom stereocenters. The van der Waals surface area contributed by atoms with Gasteiger partial charge in [-0.3, -0.25) is 4.79 Å². The van der Waals surface area contributed by atoms with E-state index >= 15 is 0 Å². The molecule has 0 bridgehead atoms. The number of Topliss-reactive ketones (excluding diaryl/α,β-unsaturated/α-hetero) is 1. The van der Waals surface area contributed by atoms with Gasteiger partial charge in [-0.25, -0.2) is 13.1 Å². The number of rotatable bonds is 6. The third-order valence-corrected chi connectivity index (χ3v) is 5.09. The Hall–Kier alpha value is -1.20. The average molecular weight is 295 g/mol. The first kappa shape index (κ1) is 15.2. The number of carbonyl (C=O) groups excluding carboxylic acids is 1. The molecule has 0 saturated heterocycles. The zero-order valence-corrected chi connectivity index (χ0v) is 12.9. The van der Waals surface area contributed by atoms with Crippen LogP contribution in [0.15, 0.2) is 29.2 Å². The van der Waals surface area contributed by atoms with Crippen molar-refractivity contribution in [2.45, 2.75) is 50.5 Å². The van der Waals surface area contributed by atoms with Gasteiger partial charge < -0.3 is 0 Å². The summed E-state index contributed by atoms with van der Waals surface area (Å²) in [5.74, 6) is 0.120. The van der Waals surface area contributed by atoms with Crippen molar-refractivity contribution >= 4 is 15.8 Å². The first-order chi connectivity index (χ1) is 9.31. The fourth-order valence-corrected chi connectivity index (χ4v) is 3.74. The van der Waals surface area contributed by atoms with Crippen LogP contribution in [0.5, 0.6) is 0 Å². The largest absolute Gasteiger partial charge is 0.299 e.